The molecule has 1 aromatic carbocycles. The largest absolute Gasteiger partial charge is 0.377 e. The molecule has 6 nitrogen and oxygen atoms in total. The van der Waals surface area contributed by atoms with Crippen molar-refractivity contribution in [2.75, 3.05) is 26.3 Å². The number of rotatable bonds is 3. The van der Waals surface area contributed by atoms with Crippen molar-refractivity contribution in [1.82, 2.24) is 25.1 Å². The highest BCUT2D eigenvalue weighted by Gasteiger charge is 2.17. The summed E-state index contributed by atoms with van der Waals surface area (Å²) in [5.41, 5.74) is 6.24. The maximum atomic E-state index is 5.46. The first-order valence-electron chi connectivity index (χ1n) is 9.67. The number of hydrogen-bond donors (Lipinski definition) is 1. The summed E-state index contributed by atoms with van der Waals surface area (Å²) in [7, 11) is 0. The van der Waals surface area contributed by atoms with Crippen molar-refractivity contribution in [3.05, 3.63) is 48.4 Å². The van der Waals surface area contributed by atoms with Gasteiger partial charge in [-0.1, -0.05) is 18.2 Å². The van der Waals surface area contributed by atoms with Gasteiger partial charge >= 0.3 is 0 Å². The lowest BCUT2D eigenvalue weighted by atomic mass is 10.00. The van der Waals surface area contributed by atoms with Crippen molar-refractivity contribution >= 4 is 16.6 Å². The number of aromatic nitrogens is 4. The van der Waals surface area contributed by atoms with Gasteiger partial charge in [0.05, 0.1) is 48.4 Å². The summed E-state index contributed by atoms with van der Waals surface area (Å²) in [6, 6.07) is 6.68. The van der Waals surface area contributed by atoms with Gasteiger partial charge in [0.1, 0.15) is 0 Å². The highest BCUT2D eigenvalue weighted by atomic mass is 16.5. The van der Waals surface area contributed by atoms with E-state index in [2.05, 4.69) is 44.5 Å². The summed E-state index contributed by atoms with van der Waals surface area (Å²) in [4.78, 5) is 9.64. The van der Waals surface area contributed by atoms with E-state index < -0.39 is 0 Å². The Balaban J connectivity index is 1.52. The summed E-state index contributed by atoms with van der Waals surface area (Å²) in [5, 5.41) is 8.00. The van der Waals surface area contributed by atoms with Crippen LogP contribution in [-0.2, 0) is 4.74 Å². The van der Waals surface area contributed by atoms with Gasteiger partial charge in [0.25, 0.3) is 0 Å². The van der Waals surface area contributed by atoms with Gasteiger partial charge in [-0.3, -0.25) is 9.67 Å². The third-order valence-corrected chi connectivity index (χ3v) is 5.46. The Morgan fingerprint density at radius 3 is 2.93 bits per heavy atom. The molecule has 0 saturated carbocycles. The number of ether oxygens (including phenoxy) is 1. The van der Waals surface area contributed by atoms with Crippen LogP contribution in [-0.4, -0.2) is 46.1 Å². The predicted molar refractivity (Wildman–Crippen MR) is 105 cm³/mol. The van der Waals surface area contributed by atoms with Crippen molar-refractivity contribution in [3.8, 4) is 11.3 Å². The minimum atomic E-state index is 0.469. The molecule has 0 unspecified atom stereocenters. The van der Waals surface area contributed by atoms with Gasteiger partial charge < -0.3 is 10.1 Å². The normalized spacial score (nSPS) is 18.6. The van der Waals surface area contributed by atoms with Crippen LogP contribution >= 0.6 is 0 Å². The van der Waals surface area contributed by atoms with Crippen LogP contribution in [0.5, 0.6) is 0 Å². The van der Waals surface area contributed by atoms with E-state index in [0.717, 1.165) is 66.8 Å². The number of fused-ring (bicyclic) bond motifs is 1. The molecule has 27 heavy (non-hydrogen) atoms. The number of para-hydroxylation sites is 1. The molecular formula is C21H23N5O. The van der Waals surface area contributed by atoms with Gasteiger partial charge in [0.2, 0.25) is 0 Å². The van der Waals surface area contributed by atoms with Crippen LogP contribution in [0, 0.1) is 0 Å². The quantitative estimate of drug-likeness (QED) is 0.776. The average molecular weight is 361 g/mol. The van der Waals surface area contributed by atoms with Crippen molar-refractivity contribution in [1.29, 1.82) is 0 Å². The molecule has 1 N–H and O–H groups in total. The van der Waals surface area contributed by atoms with E-state index in [1.165, 1.54) is 5.57 Å². The van der Waals surface area contributed by atoms with Crippen LogP contribution in [0.15, 0.2) is 42.9 Å². The second-order valence-electron chi connectivity index (χ2n) is 7.17. The molecule has 0 aliphatic carbocycles. The molecule has 6 heteroatoms. The summed E-state index contributed by atoms with van der Waals surface area (Å²) < 4.78 is 7.55. The molecule has 0 bridgehead atoms. The van der Waals surface area contributed by atoms with Crippen molar-refractivity contribution in [3.63, 3.8) is 0 Å². The fraction of sp³-hybridized carbons (Fsp3) is 0.381. The number of piperidine rings is 1. The Labute approximate surface area is 158 Å². The zero-order chi connectivity index (χ0) is 18.1. The molecule has 1 fully saturated rings. The maximum Gasteiger partial charge on any atom is 0.0969 e. The highest BCUT2D eigenvalue weighted by molar-refractivity contribution is 5.90. The maximum absolute atomic E-state index is 5.46. The number of nitrogens with zero attached hydrogens (tertiary/aromatic N) is 4. The Hall–Kier alpha value is -2.57. The number of nitrogens with one attached hydrogen (secondary N) is 1. The molecule has 0 amide bonds. The molecule has 4 heterocycles. The van der Waals surface area contributed by atoms with Gasteiger partial charge in [0, 0.05) is 17.3 Å². The van der Waals surface area contributed by atoms with Gasteiger partial charge in [0.15, 0.2) is 0 Å². The minimum absolute atomic E-state index is 0.469. The second kappa shape index (κ2) is 7.21. The van der Waals surface area contributed by atoms with Gasteiger partial charge in [-0.05, 0) is 44.0 Å². The molecule has 1 saturated heterocycles. The number of hydrogen-bond acceptors (Lipinski definition) is 5. The SMILES string of the molecule is C1=C(c2cccc3ncc(-c4cnn(C5CCNCC5)c4)nc23)CCOC1. The minimum Gasteiger partial charge on any atom is -0.377 e. The van der Waals surface area contributed by atoms with Crippen LogP contribution in [0.1, 0.15) is 30.9 Å². The van der Waals surface area contributed by atoms with E-state index in [1.54, 1.807) is 0 Å². The predicted octanol–water partition coefficient (Wildman–Crippen LogP) is 3.22. The van der Waals surface area contributed by atoms with Gasteiger partial charge in [-0.2, -0.15) is 5.10 Å². The monoisotopic (exact) mass is 361 g/mol. The van der Waals surface area contributed by atoms with E-state index in [1.807, 2.05) is 18.5 Å². The van der Waals surface area contributed by atoms with Gasteiger partial charge in [-0.15, -0.1) is 0 Å². The fourth-order valence-electron chi connectivity index (χ4n) is 3.94. The molecule has 2 aliphatic heterocycles. The lowest BCUT2D eigenvalue weighted by Crippen LogP contribution is -2.29. The smallest absolute Gasteiger partial charge is 0.0969 e. The van der Waals surface area contributed by atoms with Crippen LogP contribution in [0.3, 0.4) is 0 Å². The van der Waals surface area contributed by atoms with Crippen LogP contribution < -0.4 is 5.32 Å². The summed E-state index contributed by atoms with van der Waals surface area (Å²) in [6.07, 6.45) is 11.2. The first-order chi connectivity index (χ1) is 13.4. The Morgan fingerprint density at radius 1 is 1.15 bits per heavy atom. The summed E-state index contributed by atoms with van der Waals surface area (Å²) >= 11 is 0. The molecule has 2 aromatic heterocycles. The second-order valence-corrected chi connectivity index (χ2v) is 7.17. The standard InChI is InChI=1S/C21H23N5O/c1-2-18(15-6-10-27-11-7-15)21-19(3-1)23-13-20(25-21)16-12-24-26(14-16)17-4-8-22-9-5-17/h1-3,6,12-14,17,22H,4-5,7-11H2. The molecule has 2 aliphatic rings. The molecule has 0 atom stereocenters. The van der Waals surface area contributed by atoms with E-state index in [-0.39, 0.29) is 0 Å². The van der Waals surface area contributed by atoms with Crippen molar-refractivity contribution < 1.29 is 4.74 Å². The van der Waals surface area contributed by atoms with Crippen molar-refractivity contribution in [2.24, 2.45) is 0 Å². The van der Waals surface area contributed by atoms with E-state index in [4.69, 9.17) is 9.72 Å². The molecule has 0 radical (unpaired) electrons. The summed E-state index contributed by atoms with van der Waals surface area (Å²) in [6.45, 7) is 3.54. The van der Waals surface area contributed by atoms with E-state index in [0.29, 0.717) is 12.6 Å². The zero-order valence-corrected chi connectivity index (χ0v) is 15.3. The van der Waals surface area contributed by atoms with Gasteiger partial charge in [-0.25, -0.2) is 4.98 Å². The Bertz CT molecular complexity index is 987. The molecule has 0 spiro atoms. The lowest BCUT2D eigenvalue weighted by molar-refractivity contribution is 0.161. The third-order valence-electron chi connectivity index (χ3n) is 5.46. The Morgan fingerprint density at radius 2 is 2.07 bits per heavy atom. The molecule has 3 aromatic rings. The average Bonchev–Trinajstić information content (AvgIpc) is 3.24. The lowest BCUT2D eigenvalue weighted by Gasteiger charge is -2.22. The number of benzene rings is 1. The van der Waals surface area contributed by atoms with E-state index in [9.17, 15) is 0 Å². The molecule has 5 rings (SSSR count). The first-order valence-corrected chi connectivity index (χ1v) is 9.67. The molecule has 138 valence electrons. The van der Waals surface area contributed by atoms with Crippen molar-refractivity contribution in [2.45, 2.75) is 25.3 Å². The van der Waals surface area contributed by atoms with E-state index >= 15 is 0 Å². The van der Waals surface area contributed by atoms with Crippen LogP contribution in [0.2, 0.25) is 0 Å². The Kier molecular flexibility index (Phi) is 4.43. The van der Waals surface area contributed by atoms with Crippen LogP contribution in [0.25, 0.3) is 27.9 Å². The highest BCUT2D eigenvalue weighted by Crippen LogP contribution is 2.29. The third kappa shape index (κ3) is 3.26. The summed E-state index contributed by atoms with van der Waals surface area (Å²) in [5.74, 6) is 0. The first kappa shape index (κ1) is 16.6. The zero-order valence-electron chi connectivity index (χ0n) is 15.3. The van der Waals surface area contributed by atoms with Crippen LogP contribution in [0.4, 0.5) is 0 Å². The topological polar surface area (TPSA) is 64.9 Å². The fourth-order valence-corrected chi connectivity index (χ4v) is 3.94. The molecular weight excluding hydrogens is 338 g/mol.